The number of thiophene rings is 1. The summed E-state index contributed by atoms with van der Waals surface area (Å²) in [5.41, 5.74) is 3.73. The molecular formula is C33H35ClN2O5S. The molecule has 1 saturated heterocycles. The van der Waals surface area contributed by atoms with E-state index in [4.69, 9.17) is 21.1 Å². The van der Waals surface area contributed by atoms with E-state index in [-0.39, 0.29) is 29.2 Å². The molecule has 1 amide bonds. The van der Waals surface area contributed by atoms with E-state index in [0.29, 0.717) is 61.9 Å². The molecule has 42 heavy (non-hydrogen) atoms. The van der Waals surface area contributed by atoms with Crippen molar-refractivity contribution in [1.82, 2.24) is 9.88 Å². The van der Waals surface area contributed by atoms with E-state index in [0.717, 1.165) is 28.0 Å². The number of amides is 1. The minimum absolute atomic E-state index is 0.0802. The van der Waals surface area contributed by atoms with E-state index < -0.39 is 0 Å². The highest BCUT2D eigenvalue weighted by molar-refractivity contribution is 7.14. The summed E-state index contributed by atoms with van der Waals surface area (Å²) in [5.74, 6) is 0.333. The number of hydrogen-bond acceptors (Lipinski definition) is 6. The highest BCUT2D eigenvalue weighted by Crippen LogP contribution is 2.38. The predicted molar refractivity (Wildman–Crippen MR) is 167 cm³/mol. The van der Waals surface area contributed by atoms with Crippen molar-refractivity contribution in [3.8, 4) is 27.3 Å². The number of aliphatic hydroxyl groups is 1. The summed E-state index contributed by atoms with van der Waals surface area (Å²) in [6.07, 6.45) is 3.31. The second kappa shape index (κ2) is 14.2. The Morgan fingerprint density at radius 3 is 2.62 bits per heavy atom. The second-order valence-corrected chi connectivity index (χ2v) is 11.9. The van der Waals surface area contributed by atoms with Crippen LogP contribution in [-0.4, -0.2) is 53.3 Å². The maximum absolute atomic E-state index is 13.0. The number of aliphatic hydroxyl groups excluding tert-OH is 1. The Morgan fingerprint density at radius 2 is 1.88 bits per heavy atom. The Kier molecular flexibility index (Phi) is 10.1. The molecule has 0 spiro atoms. The number of carbonyl (C=O) groups excluding carboxylic acids is 1. The summed E-state index contributed by atoms with van der Waals surface area (Å²) in [6.45, 7) is 4.58. The van der Waals surface area contributed by atoms with E-state index in [9.17, 15) is 14.7 Å². The summed E-state index contributed by atoms with van der Waals surface area (Å²) in [6, 6.07) is 19.2. The van der Waals surface area contributed by atoms with Crippen molar-refractivity contribution in [3.05, 3.63) is 98.7 Å². The first-order chi connectivity index (χ1) is 20.4. The highest BCUT2D eigenvalue weighted by Gasteiger charge is 2.23. The number of piperidine rings is 1. The molecule has 1 fully saturated rings. The minimum Gasteiger partial charge on any atom is -0.487 e. The van der Waals surface area contributed by atoms with Crippen molar-refractivity contribution in [2.24, 2.45) is 5.92 Å². The van der Waals surface area contributed by atoms with Gasteiger partial charge in [-0.25, -0.2) is 0 Å². The summed E-state index contributed by atoms with van der Waals surface area (Å²) < 4.78 is 12.0. The van der Waals surface area contributed by atoms with E-state index >= 15 is 0 Å². The summed E-state index contributed by atoms with van der Waals surface area (Å²) in [4.78, 5) is 31.2. The molecule has 4 aromatic rings. The average Bonchev–Trinajstić information content (AvgIpc) is 3.49. The van der Waals surface area contributed by atoms with Gasteiger partial charge in [0.05, 0.1) is 30.9 Å². The van der Waals surface area contributed by atoms with Gasteiger partial charge >= 0.3 is 0 Å². The first-order valence-corrected chi connectivity index (χ1v) is 15.5. The molecule has 0 aliphatic carbocycles. The fourth-order valence-electron chi connectivity index (χ4n) is 4.96. The van der Waals surface area contributed by atoms with Crippen LogP contribution < -0.4 is 10.3 Å². The maximum atomic E-state index is 13.0. The molecule has 220 valence electrons. The first kappa shape index (κ1) is 30.0. The van der Waals surface area contributed by atoms with E-state index in [1.807, 2.05) is 53.9 Å². The third kappa shape index (κ3) is 7.31. The summed E-state index contributed by atoms with van der Waals surface area (Å²) in [5, 5.41) is 12.2. The van der Waals surface area contributed by atoms with Gasteiger partial charge in [0.1, 0.15) is 0 Å². The standard InChI is InChI=1S/C33H35ClN2O5S/c1-2-22(18-40-19-23-6-4-3-5-7-23)20-41-31-27(10-13-35-32(31)38)25-17-30(42-21-25)28-9-8-24(16-29(28)34)33(39)36-14-11-26(37)12-15-36/h3-10,13,16-17,21-22,26,37H,2,11-12,14-15,18-20H2,1H3,(H,35,38). The van der Waals surface area contributed by atoms with Crippen molar-refractivity contribution >= 4 is 28.8 Å². The number of aromatic nitrogens is 1. The molecule has 7 nitrogen and oxygen atoms in total. The molecule has 2 N–H and O–H groups in total. The first-order valence-electron chi connectivity index (χ1n) is 14.2. The van der Waals surface area contributed by atoms with Gasteiger partial charge in [0, 0.05) is 46.8 Å². The van der Waals surface area contributed by atoms with Crippen molar-refractivity contribution in [2.45, 2.75) is 38.9 Å². The molecule has 2 aromatic carbocycles. The molecular weight excluding hydrogens is 572 g/mol. The normalized spacial score (nSPS) is 14.6. The van der Waals surface area contributed by atoms with Gasteiger partial charge in [-0.1, -0.05) is 54.9 Å². The minimum atomic E-state index is -0.342. The highest BCUT2D eigenvalue weighted by atomic mass is 35.5. The SMILES string of the molecule is CCC(COCc1ccccc1)COc1c(-c2csc(-c3ccc(C(=O)N4CCC(O)CC4)cc3Cl)c2)cc[nH]c1=O. The van der Waals surface area contributed by atoms with Gasteiger partial charge in [-0.15, -0.1) is 11.3 Å². The quantitative estimate of drug-likeness (QED) is 0.200. The topological polar surface area (TPSA) is 91.9 Å². The van der Waals surface area contributed by atoms with Gasteiger partial charge in [-0.2, -0.15) is 0 Å². The van der Waals surface area contributed by atoms with Crippen LogP contribution in [0.4, 0.5) is 0 Å². The predicted octanol–water partition coefficient (Wildman–Crippen LogP) is 6.64. The smallest absolute Gasteiger partial charge is 0.290 e. The molecule has 0 radical (unpaired) electrons. The fourth-order valence-corrected chi connectivity index (χ4v) is 6.24. The molecule has 9 heteroatoms. The van der Waals surface area contributed by atoms with Crippen LogP contribution in [0, 0.1) is 5.92 Å². The Morgan fingerprint density at radius 1 is 1.10 bits per heavy atom. The maximum Gasteiger partial charge on any atom is 0.290 e. The molecule has 0 bridgehead atoms. The average molecular weight is 607 g/mol. The number of carbonyl (C=O) groups is 1. The van der Waals surface area contributed by atoms with Crippen LogP contribution in [0.5, 0.6) is 5.75 Å². The van der Waals surface area contributed by atoms with Gasteiger partial charge in [-0.3, -0.25) is 9.59 Å². The lowest BCUT2D eigenvalue weighted by Crippen LogP contribution is -2.40. The van der Waals surface area contributed by atoms with Crippen molar-refractivity contribution in [1.29, 1.82) is 0 Å². The van der Waals surface area contributed by atoms with Crippen LogP contribution in [0.15, 0.2) is 77.0 Å². The number of nitrogens with one attached hydrogen (secondary N) is 1. The number of pyridine rings is 1. The molecule has 1 unspecified atom stereocenters. The number of aromatic amines is 1. The Balaban J connectivity index is 1.27. The lowest BCUT2D eigenvalue weighted by molar-refractivity contribution is 0.0546. The van der Waals surface area contributed by atoms with Crippen LogP contribution in [0.2, 0.25) is 5.02 Å². The number of hydrogen-bond donors (Lipinski definition) is 2. The molecule has 3 heterocycles. The number of H-pyrrole nitrogens is 1. The van der Waals surface area contributed by atoms with Crippen molar-refractivity contribution in [2.75, 3.05) is 26.3 Å². The van der Waals surface area contributed by atoms with Crippen molar-refractivity contribution < 1.29 is 19.4 Å². The number of halogens is 1. The number of ether oxygens (including phenoxy) is 2. The number of benzene rings is 2. The number of likely N-dealkylation sites (tertiary alicyclic amines) is 1. The number of nitrogens with zero attached hydrogens (tertiary/aromatic N) is 1. The van der Waals surface area contributed by atoms with Gasteiger partial charge in [-0.05, 0) is 60.0 Å². The van der Waals surface area contributed by atoms with Gasteiger partial charge in [0.2, 0.25) is 0 Å². The van der Waals surface area contributed by atoms with Crippen molar-refractivity contribution in [3.63, 3.8) is 0 Å². The molecule has 1 atom stereocenters. The van der Waals surface area contributed by atoms with Crippen LogP contribution in [-0.2, 0) is 11.3 Å². The lowest BCUT2D eigenvalue weighted by atomic mass is 10.0. The second-order valence-electron chi connectivity index (χ2n) is 10.6. The van der Waals surface area contributed by atoms with Gasteiger partial charge in [0.15, 0.2) is 5.75 Å². The Hall–Kier alpha value is -3.43. The largest absolute Gasteiger partial charge is 0.487 e. The monoisotopic (exact) mass is 606 g/mol. The van der Waals surface area contributed by atoms with Gasteiger partial charge < -0.3 is 24.5 Å². The van der Waals surface area contributed by atoms with Crippen LogP contribution >= 0.6 is 22.9 Å². The van der Waals surface area contributed by atoms with Crippen LogP contribution in [0.3, 0.4) is 0 Å². The van der Waals surface area contributed by atoms with E-state index in [2.05, 4.69) is 11.9 Å². The third-order valence-electron chi connectivity index (χ3n) is 7.56. The zero-order valence-electron chi connectivity index (χ0n) is 23.6. The van der Waals surface area contributed by atoms with E-state index in [1.54, 1.807) is 23.2 Å². The summed E-state index contributed by atoms with van der Waals surface area (Å²) >= 11 is 8.18. The molecule has 1 aliphatic rings. The van der Waals surface area contributed by atoms with Crippen LogP contribution in [0.25, 0.3) is 21.6 Å². The zero-order valence-corrected chi connectivity index (χ0v) is 25.1. The molecule has 0 saturated carbocycles. The number of rotatable bonds is 11. The van der Waals surface area contributed by atoms with E-state index in [1.165, 1.54) is 11.3 Å². The van der Waals surface area contributed by atoms with Gasteiger partial charge in [0.25, 0.3) is 11.5 Å². The Labute approximate surface area is 254 Å². The fraction of sp³-hybridized carbons (Fsp3) is 0.333. The third-order valence-corrected chi connectivity index (χ3v) is 8.84. The Bertz CT molecular complexity index is 1550. The zero-order chi connectivity index (χ0) is 29.5. The molecule has 2 aromatic heterocycles. The molecule has 5 rings (SSSR count). The van der Waals surface area contributed by atoms with Crippen LogP contribution in [0.1, 0.15) is 42.1 Å². The molecule has 1 aliphatic heterocycles. The summed E-state index contributed by atoms with van der Waals surface area (Å²) in [7, 11) is 0. The lowest BCUT2D eigenvalue weighted by Gasteiger charge is -2.29.